The zero-order chi connectivity index (χ0) is 8.43. The Bertz CT molecular complexity index is 258. The lowest BCUT2D eigenvalue weighted by molar-refractivity contribution is 0.450. The fourth-order valence-corrected chi connectivity index (χ4v) is 0.907. The van der Waals surface area contributed by atoms with Crippen LogP contribution in [-0.4, -0.2) is 10.2 Å². The molecule has 3 heteroatoms. The summed E-state index contributed by atoms with van der Waals surface area (Å²) in [6.45, 7) is 1.74. The van der Waals surface area contributed by atoms with Crippen molar-refractivity contribution in [2.24, 2.45) is 5.73 Å². The third kappa shape index (κ3) is 1.62. The molecule has 1 aromatic carbocycles. The Kier molecular flexibility index (Phi) is 2.01. The highest BCUT2D eigenvalue weighted by Crippen LogP contribution is 2.25. The quantitative estimate of drug-likeness (QED) is 0.529. The molecule has 60 valence electrons. The molecule has 1 rings (SSSR count). The van der Waals surface area contributed by atoms with E-state index >= 15 is 0 Å². The van der Waals surface area contributed by atoms with Crippen LogP contribution in [-0.2, 0) is 0 Å². The van der Waals surface area contributed by atoms with Crippen LogP contribution in [0.2, 0.25) is 0 Å². The van der Waals surface area contributed by atoms with Gasteiger partial charge in [-0.25, -0.2) is 0 Å². The molecule has 0 aliphatic rings. The van der Waals surface area contributed by atoms with E-state index in [1.54, 1.807) is 6.92 Å². The van der Waals surface area contributed by atoms with Gasteiger partial charge in [0.1, 0.15) is 11.5 Å². The lowest BCUT2D eigenvalue weighted by Gasteiger charge is -2.07. The first kappa shape index (κ1) is 7.88. The van der Waals surface area contributed by atoms with Crippen molar-refractivity contribution in [1.29, 1.82) is 0 Å². The minimum atomic E-state index is -0.262. The van der Waals surface area contributed by atoms with E-state index < -0.39 is 0 Å². The lowest BCUT2D eigenvalue weighted by Crippen LogP contribution is -2.04. The molecule has 1 atom stereocenters. The smallest absolute Gasteiger partial charge is 0.120 e. The molecule has 0 amide bonds. The summed E-state index contributed by atoms with van der Waals surface area (Å²) in [5.74, 6) is 0.243. The number of phenols is 2. The van der Waals surface area contributed by atoms with Crippen LogP contribution >= 0.6 is 0 Å². The van der Waals surface area contributed by atoms with Gasteiger partial charge in [-0.15, -0.1) is 0 Å². The van der Waals surface area contributed by atoms with Crippen LogP contribution in [0.4, 0.5) is 0 Å². The molecule has 0 aliphatic heterocycles. The predicted molar refractivity (Wildman–Crippen MR) is 42.4 cm³/mol. The molecule has 3 nitrogen and oxygen atoms in total. The van der Waals surface area contributed by atoms with Crippen LogP contribution in [0, 0.1) is 0 Å². The van der Waals surface area contributed by atoms with Gasteiger partial charge in [0, 0.05) is 11.6 Å². The fraction of sp³-hybridized carbons (Fsp3) is 0.250. The van der Waals surface area contributed by atoms with Crippen molar-refractivity contribution in [2.75, 3.05) is 0 Å². The third-order valence-electron chi connectivity index (χ3n) is 1.50. The molecular weight excluding hydrogens is 142 g/mol. The predicted octanol–water partition coefficient (Wildman–Crippen LogP) is 1.12. The average molecular weight is 153 g/mol. The summed E-state index contributed by atoms with van der Waals surface area (Å²) in [7, 11) is 0. The summed E-state index contributed by atoms with van der Waals surface area (Å²) in [5, 5.41) is 18.2. The van der Waals surface area contributed by atoms with Crippen LogP contribution in [0.25, 0.3) is 0 Å². The van der Waals surface area contributed by atoms with Gasteiger partial charge in [-0.1, -0.05) is 0 Å². The van der Waals surface area contributed by atoms with E-state index in [9.17, 15) is 5.11 Å². The molecule has 4 N–H and O–H groups in total. The van der Waals surface area contributed by atoms with Crippen LogP contribution in [0.1, 0.15) is 18.5 Å². The van der Waals surface area contributed by atoms with E-state index in [2.05, 4.69) is 0 Å². The Labute approximate surface area is 65.1 Å². The lowest BCUT2D eigenvalue weighted by atomic mass is 10.1. The second-order valence-electron chi connectivity index (χ2n) is 2.53. The number of nitrogens with two attached hydrogens (primary N) is 1. The second-order valence-corrected chi connectivity index (χ2v) is 2.53. The number of hydrogen-bond acceptors (Lipinski definition) is 3. The Morgan fingerprint density at radius 1 is 1.36 bits per heavy atom. The molecule has 0 saturated heterocycles. The largest absolute Gasteiger partial charge is 0.508 e. The van der Waals surface area contributed by atoms with E-state index in [1.807, 2.05) is 0 Å². The molecule has 0 heterocycles. The fourth-order valence-electron chi connectivity index (χ4n) is 0.907. The standard InChI is InChI=1S/C8H11NO2/c1-5(9)7-4-6(10)2-3-8(7)11/h2-5,10-11H,9H2,1H3/t5-/m0/s1. The highest BCUT2D eigenvalue weighted by atomic mass is 16.3. The molecule has 0 aromatic heterocycles. The summed E-state index contributed by atoms with van der Waals surface area (Å²) in [6, 6.07) is 4.04. The van der Waals surface area contributed by atoms with E-state index in [1.165, 1.54) is 18.2 Å². The maximum Gasteiger partial charge on any atom is 0.120 e. The molecule has 0 fully saturated rings. The highest BCUT2D eigenvalue weighted by molar-refractivity contribution is 5.40. The first-order valence-electron chi connectivity index (χ1n) is 3.38. The minimum absolute atomic E-state index is 0.120. The van der Waals surface area contributed by atoms with Crippen LogP contribution in [0.3, 0.4) is 0 Å². The van der Waals surface area contributed by atoms with E-state index in [0.717, 1.165) is 0 Å². The Morgan fingerprint density at radius 2 is 2.00 bits per heavy atom. The number of phenolic OH excluding ortho intramolecular Hbond substituents is 2. The second kappa shape index (κ2) is 2.80. The highest BCUT2D eigenvalue weighted by Gasteiger charge is 2.05. The maximum absolute atomic E-state index is 9.21. The average Bonchev–Trinajstić information content (AvgIpc) is 1.94. The molecule has 0 unspecified atom stereocenters. The van der Waals surface area contributed by atoms with Gasteiger partial charge >= 0.3 is 0 Å². The van der Waals surface area contributed by atoms with Crippen molar-refractivity contribution in [3.8, 4) is 11.5 Å². The Morgan fingerprint density at radius 3 is 2.45 bits per heavy atom. The van der Waals surface area contributed by atoms with Crippen LogP contribution in [0.15, 0.2) is 18.2 Å². The zero-order valence-corrected chi connectivity index (χ0v) is 6.28. The van der Waals surface area contributed by atoms with Gasteiger partial charge < -0.3 is 15.9 Å². The SMILES string of the molecule is C[C@H](N)c1cc(O)ccc1O. The molecule has 0 radical (unpaired) electrons. The van der Waals surface area contributed by atoms with Gasteiger partial charge in [0.05, 0.1) is 0 Å². The molecule has 0 aliphatic carbocycles. The maximum atomic E-state index is 9.21. The van der Waals surface area contributed by atoms with Crippen molar-refractivity contribution < 1.29 is 10.2 Å². The number of benzene rings is 1. The zero-order valence-electron chi connectivity index (χ0n) is 6.28. The van der Waals surface area contributed by atoms with Crippen LogP contribution in [0.5, 0.6) is 11.5 Å². The topological polar surface area (TPSA) is 66.5 Å². The van der Waals surface area contributed by atoms with E-state index in [0.29, 0.717) is 5.56 Å². The summed E-state index contributed by atoms with van der Waals surface area (Å²) < 4.78 is 0. The summed E-state index contributed by atoms with van der Waals surface area (Å²) in [6.07, 6.45) is 0. The van der Waals surface area contributed by atoms with Crippen molar-refractivity contribution in [3.63, 3.8) is 0 Å². The molecule has 0 spiro atoms. The first-order valence-corrected chi connectivity index (χ1v) is 3.38. The van der Waals surface area contributed by atoms with Crippen molar-refractivity contribution in [1.82, 2.24) is 0 Å². The van der Waals surface area contributed by atoms with Gasteiger partial charge in [0.25, 0.3) is 0 Å². The van der Waals surface area contributed by atoms with Crippen molar-refractivity contribution in [3.05, 3.63) is 23.8 Å². The van der Waals surface area contributed by atoms with E-state index in [4.69, 9.17) is 10.8 Å². The molecule has 0 saturated carbocycles. The van der Waals surface area contributed by atoms with Crippen LogP contribution < -0.4 is 5.73 Å². The molecule has 0 bridgehead atoms. The van der Waals surface area contributed by atoms with Crippen molar-refractivity contribution >= 4 is 0 Å². The van der Waals surface area contributed by atoms with Gasteiger partial charge in [0.15, 0.2) is 0 Å². The van der Waals surface area contributed by atoms with Gasteiger partial charge in [-0.3, -0.25) is 0 Å². The van der Waals surface area contributed by atoms with Crippen molar-refractivity contribution in [2.45, 2.75) is 13.0 Å². The summed E-state index contributed by atoms with van der Waals surface area (Å²) >= 11 is 0. The monoisotopic (exact) mass is 153 g/mol. The Balaban J connectivity index is 3.13. The third-order valence-corrected chi connectivity index (χ3v) is 1.50. The normalized spacial score (nSPS) is 12.9. The van der Waals surface area contributed by atoms with Gasteiger partial charge in [0.2, 0.25) is 0 Å². The Hall–Kier alpha value is -1.22. The minimum Gasteiger partial charge on any atom is -0.508 e. The summed E-state index contributed by atoms with van der Waals surface area (Å²) in [5.41, 5.74) is 6.07. The number of rotatable bonds is 1. The van der Waals surface area contributed by atoms with Gasteiger partial charge in [-0.2, -0.15) is 0 Å². The van der Waals surface area contributed by atoms with E-state index in [-0.39, 0.29) is 17.5 Å². The first-order chi connectivity index (χ1) is 5.11. The molecule has 1 aromatic rings. The summed E-state index contributed by atoms with van der Waals surface area (Å²) in [4.78, 5) is 0. The molecule has 11 heavy (non-hydrogen) atoms. The molecular formula is C8H11NO2. The van der Waals surface area contributed by atoms with Gasteiger partial charge in [-0.05, 0) is 25.1 Å². The number of aromatic hydroxyl groups is 2. The number of hydrogen-bond donors (Lipinski definition) is 3.